The van der Waals surface area contributed by atoms with Crippen LogP contribution >= 0.6 is 57.8 Å². The van der Waals surface area contributed by atoms with E-state index in [1.807, 2.05) is 42.7 Å². The van der Waals surface area contributed by atoms with Gasteiger partial charge in [0.2, 0.25) is 5.91 Å². The SMILES string of the molecule is CSc1nc2ccc(NC(=O)CSc3nc4ccc(NC(=O)c5ccc(Cl)cc5)cc4s3)cc2s1. The third-order valence-electron chi connectivity index (χ3n) is 4.89. The number of carbonyl (C=O) groups is 2. The van der Waals surface area contributed by atoms with Crippen LogP contribution in [0.2, 0.25) is 5.02 Å². The largest absolute Gasteiger partial charge is 0.325 e. The van der Waals surface area contributed by atoms with E-state index in [1.165, 1.54) is 23.1 Å². The van der Waals surface area contributed by atoms with Crippen molar-refractivity contribution in [2.45, 2.75) is 8.68 Å². The number of carbonyl (C=O) groups excluding carboxylic acids is 2. The molecule has 6 nitrogen and oxygen atoms in total. The van der Waals surface area contributed by atoms with E-state index in [4.69, 9.17) is 11.6 Å². The van der Waals surface area contributed by atoms with Gasteiger partial charge in [0.05, 0.1) is 26.2 Å². The highest BCUT2D eigenvalue weighted by atomic mass is 35.5. The zero-order valence-corrected chi connectivity index (χ0v) is 22.2. The number of halogens is 1. The van der Waals surface area contributed by atoms with Gasteiger partial charge in [-0.1, -0.05) is 35.1 Å². The second kappa shape index (κ2) is 10.5. The van der Waals surface area contributed by atoms with E-state index >= 15 is 0 Å². The minimum atomic E-state index is -0.210. The summed E-state index contributed by atoms with van der Waals surface area (Å²) < 4.78 is 3.77. The van der Waals surface area contributed by atoms with Gasteiger partial charge in [-0.25, -0.2) is 9.97 Å². The molecule has 0 spiro atoms. The Morgan fingerprint density at radius 3 is 2.11 bits per heavy atom. The van der Waals surface area contributed by atoms with Crippen molar-refractivity contribution in [3.63, 3.8) is 0 Å². The Morgan fingerprint density at radius 2 is 1.46 bits per heavy atom. The van der Waals surface area contributed by atoms with Gasteiger partial charge in [0.25, 0.3) is 5.91 Å². The lowest BCUT2D eigenvalue weighted by Gasteiger charge is -2.05. The molecule has 2 N–H and O–H groups in total. The Bertz CT molecular complexity index is 1550. The molecule has 0 aliphatic heterocycles. The molecule has 0 unspecified atom stereocenters. The number of nitrogens with one attached hydrogen (secondary N) is 2. The predicted molar refractivity (Wildman–Crippen MR) is 150 cm³/mol. The van der Waals surface area contributed by atoms with E-state index in [1.54, 1.807) is 47.4 Å². The molecular weight excluding hydrogens is 540 g/mol. The first-order chi connectivity index (χ1) is 17.0. The molecule has 5 aromatic rings. The first kappa shape index (κ1) is 24.1. The molecule has 2 heterocycles. The number of thioether (sulfide) groups is 2. The molecule has 0 atom stereocenters. The number of anilines is 2. The average molecular weight is 557 g/mol. The average Bonchev–Trinajstić information content (AvgIpc) is 3.46. The lowest BCUT2D eigenvalue weighted by molar-refractivity contribution is -0.113. The van der Waals surface area contributed by atoms with Crippen LogP contribution in [-0.4, -0.2) is 33.8 Å². The number of hydrogen-bond donors (Lipinski definition) is 2. The molecule has 0 aliphatic rings. The monoisotopic (exact) mass is 556 g/mol. The summed E-state index contributed by atoms with van der Waals surface area (Å²) in [5.41, 5.74) is 3.72. The van der Waals surface area contributed by atoms with E-state index in [0.717, 1.165) is 34.8 Å². The fraction of sp³-hybridized carbons (Fsp3) is 0.0833. The Balaban J connectivity index is 1.20. The van der Waals surface area contributed by atoms with Gasteiger partial charge >= 0.3 is 0 Å². The Hall–Kier alpha value is -2.63. The fourth-order valence-corrected chi connectivity index (χ4v) is 6.80. The Labute approximate surface area is 222 Å². The van der Waals surface area contributed by atoms with Crippen molar-refractivity contribution in [2.24, 2.45) is 0 Å². The normalized spacial score (nSPS) is 11.1. The molecule has 2 amide bonds. The van der Waals surface area contributed by atoms with Gasteiger partial charge < -0.3 is 10.6 Å². The summed E-state index contributed by atoms with van der Waals surface area (Å²) >= 11 is 12.0. The van der Waals surface area contributed by atoms with Crippen molar-refractivity contribution in [1.82, 2.24) is 9.97 Å². The minimum Gasteiger partial charge on any atom is -0.325 e. The molecule has 0 bridgehead atoms. The van der Waals surface area contributed by atoms with Gasteiger partial charge in [-0.15, -0.1) is 22.7 Å². The van der Waals surface area contributed by atoms with Crippen LogP contribution in [0.25, 0.3) is 20.4 Å². The second-order valence-corrected chi connectivity index (χ2v) is 12.1. The predicted octanol–water partition coefficient (Wildman–Crippen LogP) is 7.26. The molecule has 35 heavy (non-hydrogen) atoms. The molecule has 176 valence electrons. The summed E-state index contributed by atoms with van der Waals surface area (Å²) in [6.07, 6.45) is 2.00. The van der Waals surface area contributed by atoms with Crippen molar-refractivity contribution in [3.8, 4) is 0 Å². The number of hydrogen-bond acceptors (Lipinski definition) is 8. The maximum Gasteiger partial charge on any atom is 0.255 e. The smallest absolute Gasteiger partial charge is 0.255 e. The van der Waals surface area contributed by atoms with Crippen molar-refractivity contribution < 1.29 is 9.59 Å². The summed E-state index contributed by atoms with van der Waals surface area (Å²) in [6.45, 7) is 0. The van der Waals surface area contributed by atoms with Gasteiger partial charge in [0.15, 0.2) is 8.68 Å². The van der Waals surface area contributed by atoms with Crippen molar-refractivity contribution in [3.05, 3.63) is 71.2 Å². The standard InChI is InChI=1S/C24H17ClN4O2S4/c1-32-23-28-17-8-6-15(10-19(17)34-23)26-21(30)12-33-24-29-18-9-7-16(11-20(18)35-24)27-22(31)13-2-4-14(25)5-3-13/h2-11H,12H2,1H3,(H,26,30)(H,27,31). The maximum absolute atomic E-state index is 12.5. The number of thiazole rings is 2. The first-order valence-corrected chi connectivity index (χ1v) is 14.5. The zero-order valence-electron chi connectivity index (χ0n) is 18.2. The van der Waals surface area contributed by atoms with Crippen molar-refractivity contribution >= 4 is 101 Å². The third kappa shape index (κ3) is 5.79. The van der Waals surface area contributed by atoms with Gasteiger partial charge in [-0.3, -0.25) is 9.59 Å². The quantitative estimate of drug-likeness (QED) is 0.205. The zero-order chi connectivity index (χ0) is 24.4. The van der Waals surface area contributed by atoms with Crippen LogP contribution in [0.15, 0.2) is 69.3 Å². The van der Waals surface area contributed by atoms with Crippen molar-refractivity contribution in [2.75, 3.05) is 22.6 Å². The summed E-state index contributed by atoms with van der Waals surface area (Å²) in [5, 5.41) is 6.42. The van der Waals surface area contributed by atoms with Gasteiger partial charge in [-0.05, 0) is 66.9 Å². The molecule has 0 aliphatic carbocycles. The molecule has 0 fully saturated rings. The van der Waals surface area contributed by atoms with Crippen LogP contribution in [0.3, 0.4) is 0 Å². The topological polar surface area (TPSA) is 84.0 Å². The number of aromatic nitrogens is 2. The highest BCUT2D eigenvalue weighted by Crippen LogP contribution is 2.32. The van der Waals surface area contributed by atoms with E-state index in [9.17, 15) is 9.59 Å². The van der Waals surface area contributed by atoms with E-state index in [0.29, 0.717) is 16.3 Å². The number of fused-ring (bicyclic) bond motifs is 2. The van der Waals surface area contributed by atoms with E-state index in [-0.39, 0.29) is 17.6 Å². The molecule has 11 heteroatoms. The highest BCUT2D eigenvalue weighted by molar-refractivity contribution is 8.01. The minimum absolute atomic E-state index is 0.0980. The van der Waals surface area contributed by atoms with Crippen LogP contribution in [0, 0.1) is 0 Å². The number of nitrogens with zero attached hydrogens (tertiary/aromatic N) is 2. The van der Waals surface area contributed by atoms with Crippen LogP contribution in [-0.2, 0) is 4.79 Å². The molecule has 2 aromatic heterocycles. The maximum atomic E-state index is 12.5. The van der Waals surface area contributed by atoms with Gasteiger partial charge in [0, 0.05) is 22.0 Å². The lowest BCUT2D eigenvalue weighted by Crippen LogP contribution is -2.13. The van der Waals surface area contributed by atoms with E-state index in [2.05, 4.69) is 20.6 Å². The van der Waals surface area contributed by atoms with Crippen LogP contribution in [0.4, 0.5) is 11.4 Å². The number of benzene rings is 3. The van der Waals surface area contributed by atoms with E-state index < -0.39 is 0 Å². The molecule has 5 rings (SSSR count). The third-order valence-corrected chi connectivity index (χ3v) is 9.30. The van der Waals surface area contributed by atoms with Crippen LogP contribution in [0.5, 0.6) is 0 Å². The number of amides is 2. The fourth-order valence-electron chi connectivity index (χ4n) is 3.24. The summed E-state index contributed by atoms with van der Waals surface area (Å²) in [6, 6.07) is 18.0. The van der Waals surface area contributed by atoms with Crippen molar-refractivity contribution in [1.29, 1.82) is 0 Å². The first-order valence-electron chi connectivity index (χ1n) is 10.3. The molecule has 0 saturated heterocycles. The molecule has 0 saturated carbocycles. The van der Waals surface area contributed by atoms with Crippen LogP contribution < -0.4 is 10.6 Å². The summed E-state index contributed by atoms with van der Waals surface area (Å²) in [7, 11) is 0. The lowest BCUT2D eigenvalue weighted by atomic mass is 10.2. The summed E-state index contributed by atoms with van der Waals surface area (Å²) in [5.74, 6) is -0.0614. The van der Waals surface area contributed by atoms with Gasteiger partial charge in [-0.2, -0.15) is 0 Å². The molecular formula is C24H17ClN4O2S4. The number of rotatable bonds is 7. The van der Waals surface area contributed by atoms with Gasteiger partial charge in [0.1, 0.15) is 0 Å². The Kier molecular flexibility index (Phi) is 7.26. The summed E-state index contributed by atoms with van der Waals surface area (Å²) in [4.78, 5) is 34.1. The molecule has 3 aromatic carbocycles. The van der Waals surface area contributed by atoms with Crippen LogP contribution in [0.1, 0.15) is 10.4 Å². The Morgan fingerprint density at radius 1 is 0.857 bits per heavy atom. The molecule has 0 radical (unpaired) electrons. The highest BCUT2D eigenvalue weighted by Gasteiger charge is 2.12. The second-order valence-electron chi connectivity index (χ2n) is 7.33.